The monoisotopic (exact) mass is 271 g/mol. The lowest BCUT2D eigenvalue weighted by atomic mass is 10.0. The van der Waals surface area contributed by atoms with Crippen molar-refractivity contribution in [2.24, 2.45) is 0 Å². The zero-order chi connectivity index (χ0) is 14.3. The van der Waals surface area contributed by atoms with Crippen molar-refractivity contribution < 1.29 is 14.7 Å². The number of carboxylic acids is 1. The van der Waals surface area contributed by atoms with Crippen LogP contribution in [0.1, 0.15) is 18.2 Å². The summed E-state index contributed by atoms with van der Waals surface area (Å²) in [6.45, 7) is 1.80. The van der Waals surface area contributed by atoms with Crippen molar-refractivity contribution in [2.45, 2.75) is 19.4 Å². The molecule has 1 atom stereocenters. The first-order valence-electron chi connectivity index (χ1n) is 6.25. The van der Waals surface area contributed by atoms with E-state index in [0.29, 0.717) is 11.5 Å². The number of hydrogen-bond donors (Lipinski definition) is 2. The fourth-order valence-corrected chi connectivity index (χ4v) is 2.48. The summed E-state index contributed by atoms with van der Waals surface area (Å²) in [7, 11) is 0. The average Bonchev–Trinajstić information content (AvgIpc) is 2.74. The maximum absolute atomic E-state index is 11.7. The van der Waals surface area contributed by atoms with Crippen LogP contribution in [-0.4, -0.2) is 26.8 Å². The maximum Gasteiger partial charge on any atom is 0.329 e. The SMILES string of the molecule is Cc1nn2c(c1-c1ccccc1)NC(=O)CC2C(=O)O. The Labute approximate surface area is 115 Å². The Balaban J connectivity index is 2.20. The van der Waals surface area contributed by atoms with Crippen LogP contribution in [0.25, 0.3) is 11.1 Å². The molecule has 3 rings (SSSR count). The van der Waals surface area contributed by atoms with Crippen molar-refractivity contribution in [3.8, 4) is 11.1 Å². The highest BCUT2D eigenvalue weighted by Gasteiger charge is 2.34. The Kier molecular flexibility index (Phi) is 2.78. The molecule has 20 heavy (non-hydrogen) atoms. The number of aromatic nitrogens is 2. The number of rotatable bonds is 2. The Hall–Kier alpha value is -2.63. The predicted octanol–water partition coefficient (Wildman–Crippen LogP) is 1.83. The number of hydrogen-bond acceptors (Lipinski definition) is 3. The molecule has 2 aromatic rings. The minimum atomic E-state index is -1.05. The van der Waals surface area contributed by atoms with Gasteiger partial charge in [0.1, 0.15) is 5.82 Å². The molecule has 2 N–H and O–H groups in total. The third kappa shape index (κ3) is 1.85. The van der Waals surface area contributed by atoms with Gasteiger partial charge in [0.2, 0.25) is 5.91 Å². The molecule has 6 heteroatoms. The number of nitrogens with one attached hydrogen (secondary N) is 1. The molecule has 1 aromatic carbocycles. The van der Waals surface area contributed by atoms with Crippen LogP contribution < -0.4 is 5.32 Å². The first kappa shape index (κ1) is 12.4. The van der Waals surface area contributed by atoms with E-state index in [1.165, 1.54) is 4.68 Å². The van der Waals surface area contributed by atoms with Crippen LogP contribution in [-0.2, 0) is 9.59 Å². The van der Waals surface area contributed by atoms with Gasteiger partial charge in [-0.3, -0.25) is 4.79 Å². The van der Waals surface area contributed by atoms with Gasteiger partial charge in [0.05, 0.1) is 12.1 Å². The molecular formula is C14H13N3O3. The normalized spacial score (nSPS) is 17.4. The fourth-order valence-electron chi connectivity index (χ4n) is 2.48. The Morgan fingerprint density at radius 3 is 2.75 bits per heavy atom. The van der Waals surface area contributed by atoms with Gasteiger partial charge in [-0.2, -0.15) is 5.10 Å². The minimum Gasteiger partial charge on any atom is -0.480 e. The van der Waals surface area contributed by atoms with E-state index in [-0.39, 0.29) is 12.3 Å². The van der Waals surface area contributed by atoms with Crippen molar-refractivity contribution in [3.05, 3.63) is 36.0 Å². The van der Waals surface area contributed by atoms with Gasteiger partial charge >= 0.3 is 5.97 Å². The molecule has 0 fully saturated rings. The lowest BCUT2D eigenvalue weighted by Crippen LogP contribution is -2.32. The van der Waals surface area contributed by atoms with E-state index >= 15 is 0 Å². The van der Waals surface area contributed by atoms with Crippen molar-refractivity contribution >= 4 is 17.7 Å². The van der Waals surface area contributed by atoms with Gasteiger partial charge in [0.25, 0.3) is 0 Å². The summed E-state index contributed by atoms with van der Waals surface area (Å²) in [5.41, 5.74) is 2.36. The summed E-state index contributed by atoms with van der Waals surface area (Å²) in [4.78, 5) is 23.0. The summed E-state index contributed by atoms with van der Waals surface area (Å²) in [5, 5.41) is 16.2. The second-order valence-corrected chi connectivity index (χ2v) is 4.73. The highest BCUT2D eigenvalue weighted by atomic mass is 16.4. The number of fused-ring (bicyclic) bond motifs is 1. The van der Waals surface area contributed by atoms with Crippen LogP contribution in [0, 0.1) is 6.92 Å². The molecule has 0 saturated carbocycles. The summed E-state index contributed by atoms with van der Waals surface area (Å²) in [5.74, 6) is -0.900. The summed E-state index contributed by atoms with van der Waals surface area (Å²) < 4.78 is 1.39. The van der Waals surface area contributed by atoms with Crippen LogP contribution in [0.15, 0.2) is 30.3 Å². The molecule has 2 heterocycles. The second kappa shape index (κ2) is 4.48. The number of nitrogens with zero attached hydrogens (tertiary/aromatic N) is 2. The Morgan fingerprint density at radius 2 is 2.10 bits per heavy atom. The topological polar surface area (TPSA) is 84.2 Å². The average molecular weight is 271 g/mol. The van der Waals surface area contributed by atoms with Crippen molar-refractivity contribution in [3.63, 3.8) is 0 Å². The van der Waals surface area contributed by atoms with Gasteiger partial charge in [-0.25, -0.2) is 9.48 Å². The van der Waals surface area contributed by atoms with Gasteiger partial charge < -0.3 is 10.4 Å². The largest absolute Gasteiger partial charge is 0.480 e. The lowest BCUT2D eigenvalue weighted by molar-refractivity contribution is -0.143. The van der Waals surface area contributed by atoms with Gasteiger partial charge in [-0.15, -0.1) is 0 Å². The van der Waals surface area contributed by atoms with E-state index in [2.05, 4.69) is 10.4 Å². The highest BCUT2D eigenvalue weighted by Crippen LogP contribution is 2.36. The zero-order valence-corrected chi connectivity index (χ0v) is 10.8. The van der Waals surface area contributed by atoms with Gasteiger partial charge in [0.15, 0.2) is 6.04 Å². The molecule has 1 unspecified atom stereocenters. The molecule has 1 aromatic heterocycles. The first-order chi connectivity index (χ1) is 9.58. The summed E-state index contributed by atoms with van der Waals surface area (Å²) >= 11 is 0. The summed E-state index contributed by atoms with van der Waals surface area (Å²) in [6, 6.07) is 8.53. The zero-order valence-electron chi connectivity index (χ0n) is 10.8. The molecule has 0 spiro atoms. The van der Waals surface area contributed by atoms with Gasteiger partial charge in [-0.1, -0.05) is 30.3 Å². The van der Waals surface area contributed by atoms with Crippen molar-refractivity contribution in [2.75, 3.05) is 5.32 Å². The molecule has 1 aliphatic rings. The number of carboxylic acid groups (broad SMARTS) is 1. The molecule has 1 amide bonds. The molecule has 0 saturated heterocycles. The van der Waals surface area contributed by atoms with Gasteiger partial charge in [-0.05, 0) is 12.5 Å². The van der Waals surface area contributed by atoms with Crippen molar-refractivity contribution in [1.29, 1.82) is 0 Å². The van der Waals surface area contributed by atoms with E-state index in [0.717, 1.165) is 11.1 Å². The second-order valence-electron chi connectivity index (χ2n) is 4.73. The third-order valence-corrected chi connectivity index (χ3v) is 3.36. The number of aryl methyl sites for hydroxylation is 1. The third-order valence-electron chi connectivity index (χ3n) is 3.36. The first-order valence-corrected chi connectivity index (χ1v) is 6.25. The van der Waals surface area contributed by atoms with E-state index in [1.807, 2.05) is 30.3 Å². The lowest BCUT2D eigenvalue weighted by Gasteiger charge is -2.22. The number of anilines is 1. The fraction of sp³-hybridized carbons (Fsp3) is 0.214. The van der Waals surface area contributed by atoms with Crippen LogP contribution in [0.4, 0.5) is 5.82 Å². The van der Waals surface area contributed by atoms with E-state index in [4.69, 9.17) is 0 Å². The molecule has 0 bridgehead atoms. The van der Waals surface area contributed by atoms with Crippen molar-refractivity contribution in [1.82, 2.24) is 9.78 Å². The summed E-state index contributed by atoms with van der Waals surface area (Å²) in [6.07, 6.45) is -0.0995. The quantitative estimate of drug-likeness (QED) is 0.872. The van der Waals surface area contributed by atoms with E-state index in [9.17, 15) is 14.7 Å². The maximum atomic E-state index is 11.7. The number of carbonyl (C=O) groups is 2. The molecule has 0 aliphatic carbocycles. The van der Waals surface area contributed by atoms with Gasteiger partial charge in [0, 0.05) is 5.56 Å². The number of carbonyl (C=O) groups excluding carboxylic acids is 1. The van der Waals surface area contributed by atoms with E-state index < -0.39 is 12.0 Å². The minimum absolute atomic E-state index is 0.0995. The van der Waals surface area contributed by atoms with E-state index in [1.54, 1.807) is 6.92 Å². The van der Waals surface area contributed by atoms with Crippen LogP contribution >= 0.6 is 0 Å². The predicted molar refractivity (Wildman–Crippen MR) is 72.3 cm³/mol. The molecule has 6 nitrogen and oxygen atoms in total. The molecular weight excluding hydrogens is 258 g/mol. The van der Waals surface area contributed by atoms with Crippen LogP contribution in [0.5, 0.6) is 0 Å². The standard InChI is InChI=1S/C14H13N3O3/c1-8-12(9-5-3-2-4-6-9)13-15-11(18)7-10(14(19)20)17(13)16-8/h2-6,10H,7H2,1H3,(H,15,18)(H,19,20). The smallest absolute Gasteiger partial charge is 0.329 e. The Morgan fingerprint density at radius 1 is 1.40 bits per heavy atom. The van der Waals surface area contributed by atoms with Crippen LogP contribution in [0.3, 0.4) is 0 Å². The number of benzene rings is 1. The van der Waals surface area contributed by atoms with Crippen LogP contribution in [0.2, 0.25) is 0 Å². The highest BCUT2D eigenvalue weighted by molar-refractivity contribution is 5.99. The number of amides is 1. The number of aliphatic carboxylic acids is 1. The Bertz CT molecular complexity index is 691. The molecule has 102 valence electrons. The molecule has 1 aliphatic heterocycles. The molecule has 0 radical (unpaired) electrons.